The summed E-state index contributed by atoms with van der Waals surface area (Å²) >= 11 is 0. The zero-order valence-electron chi connectivity index (χ0n) is 17.3. The summed E-state index contributed by atoms with van der Waals surface area (Å²) in [5.41, 5.74) is 2.19. The van der Waals surface area contributed by atoms with Gasteiger partial charge < -0.3 is 19.3 Å². The zero-order chi connectivity index (χ0) is 20.5. The molecular weight excluding hydrogens is 370 g/mol. The smallest absolute Gasteiger partial charge is 0.410 e. The van der Waals surface area contributed by atoms with Crippen LogP contribution in [0.3, 0.4) is 0 Å². The predicted octanol–water partition coefficient (Wildman–Crippen LogP) is 2.11. The van der Waals surface area contributed by atoms with Gasteiger partial charge >= 0.3 is 6.09 Å². The highest BCUT2D eigenvalue weighted by molar-refractivity contribution is 5.71. The van der Waals surface area contributed by atoms with E-state index in [1.54, 1.807) is 7.11 Å². The molecule has 154 valence electrons. The minimum absolute atomic E-state index is 0.0217. The minimum atomic E-state index is -0.230. The highest BCUT2D eigenvalue weighted by Gasteiger charge is 2.48. The number of hydrogen-bond donors (Lipinski definition) is 0. The highest BCUT2D eigenvalue weighted by atomic mass is 16.6. The molecule has 0 bridgehead atoms. The third-order valence-corrected chi connectivity index (χ3v) is 5.56. The van der Waals surface area contributed by atoms with Gasteiger partial charge in [-0.1, -0.05) is 12.1 Å². The lowest BCUT2D eigenvalue weighted by Gasteiger charge is -2.23. The fourth-order valence-electron chi connectivity index (χ4n) is 4.00. The fraction of sp³-hybridized carbons (Fsp3) is 0.476. The van der Waals surface area contributed by atoms with E-state index in [1.807, 2.05) is 61.3 Å². The van der Waals surface area contributed by atoms with Crippen LogP contribution < -0.4 is 14.5 Å². The first-order valence-corrected chi connectivity index (χ1v) is 9.82. The van der Waals surface area contributed by atoms with Crippen molar-refractivity contribution < 1.29 is 14.3 Å². The summed E-state index contributed by atoms with van der Waals surface area (Å²) < 4.78 is 10.8. The van der Waals surface area contributed by atoms with Crippen LogP contribution in [-0.4, -0.2) is 73.9 Å². The molecule has 2 fully saturated rings. The van der Waals surface area contributed by atoms with Crippen molar-refractivity contribution in [2.45, 2.75) is 25.5 Å². The molecule has 0 aliphatic carbocycles. The van der Waals surface area contributed by atoms with Crippen LogP contribution in [0.5, 0.6) is 5.75 Å². The molecular formula is C21H27N5O3. The average Bonchev–Trinajstić information content (AvgIpc) is 3.24. The summed E-state index contributed by atoms with van der Waals surface area (Å²) in [6, 6.07) is 7.96. The quantitative estimate of drug-likeness (QED) is 0.739. The Bertz CT molecular complexity index is 886. The maximum absolute atomic E-state index is 12.4. The van der Waals surface area contributed by atoms with Gasteiger partial charge in [-0.2, -0.15) is 4.98 Å². The number of carbonyl (C=O) groups is 1. The fourth-order valence-corrected chi connectivity index (χ4v) is 4.00. The molecule has 0 spiro atoms. The Morgan fingerprint density at radius 2 is 2.00 bits per heavy atom. The van der Waals surface area contributed by atoms with Crippen LogP contribution >= 0.6 is 0 Å². The summed E-state index contributed by atoms with van der Waals surface area (Å²) in [6.45, 7) is 3.92. The number of methoxy groups -OCH3 is 1. The van der Waals surface area contributed by atoms with Crippen LogP contribution in [0.2, 0.25) is 0 Å². The first kappa shape index (κ1) is 19.3. The standard InChI is InChI=1S/C21H27N5O3/c1-14-11-22-20(23-19(14)24(2)3)25-12-17-18(13-25)29-21(27)26(17)10-9-15-5-7-16(28-4)8-6-15/h5-8,11,17-18H,9-10,12-13H2,1-4H3/t17-,18+/m0/s1. The van der Waals surface area contributed by atoms with Gasteiger partial charge in [-0.25, -0.2) is 9.78 Å². The molecule has 8 heteroatoms. The van der Waals surface area contributed by atoms with E-state index in [0.29, 0.717) is 25.6 Å². The summed E-state index contributed by atoms with van der Waals surface area (Å²) in [5, 5.41) is 0. The van der Waals surface area contributed by atoms with E-state index in [1.165, 1.54) is 0 Å². The summed E-state index contributed by atoms with van der Waals surface area (Å²) in [7, 11) is 5.60. The SMILES string of the molecule is COc1ccc(CCN2C(=O)O[C@@H]3CN(c4ncc(C)c(N(C)C)n4)C[C@@H]32)cc1. The molecule has 2 aliphatic rings. The van der Waals surface area contributed by atoms with Crippen LogP contribution in [0.25, 0.3) is 0 Å². The Kier molecular flexibility index (Phi) is 5.17. The van der Waals surface area contributed by atoms with Gasteiger partial charge in [0.25, 0.3) is 0 Å². The number of benzene rings is 1. The van der Waals surface area contributed by atoms with E-state index < -0.39 is 0 Å². The molecule has 4 rings (SSSR count). The number of aromatic nitrogens is 2. The van der Waals surface area contributed by atoms with E-state index in [0.717, 1.165) is 29.1 Å². The van der Waals surface area contributed by atoms with Crippen molar-refractivity contribution in [1.29, 1.82) is 0 Å². The molecule has 3 heterocycles. The maximum Gasteiger partial charge on any atom is 0.410 e. The van der Waals surface area contributed by atoms with Crippen molar-refractivity contribution in [1.82, 2.24) is 14.9 Å². The first-order valence-electron chi connectivity index (χ1n) is 9.82. The highest BCUT2D eigenvalue weighted by Crippen LogP contribution is 2.30. The second-order valence-electron chi connectivity index (χ2n) is 7.76. The number of hydrogen-bond acceptors (Lipinski definition) is 7. The lowest BCUT2D eigenvalue weighted by molar-refractivity contribution is 0.136. The van der Waals surface area contributed by atoms with Crippen molar-refractivity contribution >= 4 is 17.9 Å². The number of carbonyl (C=O) groups excluding carboxylic acids is 1. The lowest BCUT2D eigenvalue weighted by atomic mass is 10.1. The van der Waals surface area contributed by atoms with Crippen molar-refractivity contribution in [2.24, 2.45) is 0 Å². The van der Waals surface area contributed by atoms with Crippen LogP contribution in [0.1, 0.15) is 11.1 Å². The number of ether oxygens (including phenoxy) is 2. The van der Waals surface area contributed by atoms with Gasteiger partial charge in [-0.3, -0.25) is 4.90 Å². The largest absolute Gasteiger partial charge is 0.497 e. The Morgan fingerprint density at radius 1 is 1.24 bits per heavy atom. The number of anilines is 2. The topological polar surface area (TPSA) is 71.0 Å². The third-order valence-electron chi connectivity index (χ3n) is 5.56. The average molecular weight is 397 g/mol. The first-order chi connectivity index (χ1) is 14.0. The van der Waals surface area contributed by atoms with E-state index in [-0.39, 0.29) is 18.2 Å². The van der Waals surface area contributed by atoms with Gasteiger partial charge in [-0.15, -0.1) is 0 Å². The van der Waals surface area contributed by atoms with Gasteiger partial charge in [0.1, 0.15) is 17.7 Å². The molecule has 2 atom stereocenters. The van der Waals surface area contributed by atoms with Crippen LogP contribution in [0.15, 0.2) is 30.5 Å². The lowest BCUT2D eigenvalue weighted by Crippen LogP contribution is -2.39. The van der Waals surface area contributed by atoms with Gasteiger partial charge in [0.2, 0.25) is 5.95 Å². The molecule has 0 N–H and O–H groups in total. The molecule has 0 saturated carbocycles. The van der Waals surface area contributed by atoms with Crippen molar-refractivity contribution in [3.8, 4) is 5.75 Å². The van der Waals surface area contributed by atoms with Crippen molar-refractivity contribution in [3.63, 3.8) is 0 Å². The Morgan fingerprint density at radius 3 is 2.69 bits per heavy atom. The minimum Gasteiger partial charge on any atom is -0.497 e. The van der Waals surface area contributed by atoms with Crippen molar-refractivity contribution in [2.75, 3.05) is 50.6 Å². The molecule has 1 aromatic heterocycles. The van der Waals surface area contributed by atoms with Crippen LogP contribution in [0, 0.1) is 6.92 Å². The molecule has 29 heavy (non-hydrogen) atoms. The zero-order valence-corrected chi connectivity index (χ0v) is 17.3. The maximum atomic E-state index is 12.4. The summed E-state index contributed by atoms with van der Waals surface area (Å²) in [5.74, 6) is 2.41. The van der Waals surface area contributed by atoms with Crippen molar-refractivity contribution in [3.05, 3.63) is 41.6 Å². The summed E-state index contributed by atoms with van der Waals surface area (Å²) in [4.78, 5) is 27.5. The third kappa shape index (κ3) is 3.79. The van der Waals surface area contributed by atoms with E-state index in [4.69, 9.17) is 14.5 Å². The predicted molar refractivity (Wildman–Crippen MR) is 111 cm³/mol. The van der Waals surface area contributed by atoms with E-state index in [9.17, 15) is 4.79 Å². The van der Waals surface area contributed by atoms with Crippen LogP contribution in [-0.2, 0) is 11.2 Å². The molecule has 2 aliphatic heterocycles. The normalized spacial score (nSPS) is 20.6. The molecule has 2 aromatic rings. The molecule has 2 saturated heterocycles. The number of fused-ring (bicyclic) bond motifs is 1. The summed E-state index contributed by atoms with van der Waals surface area (Å²) in [6.07, 6.45) is 2.24. The van der Waals surface area contributed by atoms with E-state index >= 15 is 0 Å². The Hall–Kier alpha value is -3.03. The number of rotatable bonds is 6. The van der Waals surface area contributed by atoms with E-state index in [2.05, 4.69) is 9.88 Å². The number of amides is 1. The Balaban J connectivity index is 1.43. The Labute approximate surface area is 171 Å². The molecule has 1 aromatic carbocycles. The molecule has 8 nitrogen and oxygen atoms in total. The number of nitrogens with zero attached hydrogens (tertiary/aromatic N) is 5. The second kappa shape index (κ2) is 7.77. The van der Waals surface area contributed by atoms with Gasteiger partial charge in [0.15, 0.2) is 0 Å². The van der Waals surface area contributed by atoms with Gasteiger partial charge in [0, 0.05) is 38.9 Å². The van der Waals surface area contributed by atoms with Gasteiger partial charge in [-0.05, 0) is 31.0 Å². The second-order valence-corrected chi connectivity index (χ2v) is 7.76. The number of aryl methyl sites for hydroxylation is 1. The molecule has 1 amide bonds. The molecule has 0 radical (unpaired) electrons. The monoisotopic (exact) mass is 397 g/mol. The van der Waals surface area contributed by atoms with Gasteiger partial charge in [0.05, 0.1) is 19.7 Å². The van der Waals surface area contributed by atoms with Crippen LogP contribution in [0.4, 0.5) is 16.6 Å². The molecule has 0 unspecified atom stereocenters.